The van der Waals surface area contributed by atoms with Crippen molar-refractivity contribution in [3.8, 4) is 0 Å². The van der Waals surface area contributed by atoms with Crippen molar-refractivity contribution in [1.29, 1.82) is 0 Å². The monoisotopic (exact) mass is 1510 g/mol. The van der Waals surface area contributed by atoms with Gasteiger partial charge in [-0.2, -0.15) is 0 Å². The van der Waals surface area contributed by atoms with E-state index in [0.717, 1.165) is 44.9 Å². The molecule has 0 radical (unpaired) electrons. The molecular formula is C100H168N2O7. The van der Waals surface area contributed by atoms with Gasteiger partial charge in [0.05, 0.1) is 11.4 Å². The lowest BCUT2D eigenvalue weighted by Crippen LogP contribution is -2.02. The van der Waals surface area contributed by atoms with E-state index in [4.69, 9.17) is 10.7 Å². The molecule has 9 nitrogen and oxygen atoms in total. The molecular weight excluding hydrogens is 1340 g/mol. The molecule has 0 heterocycles. The molecule has 0 saturated heterocycles. The third-order valence-corrected chi connectivity index (χ3v) is 9.37. The van der Waals surface area contributed by atoms with Gasteiger partial charge in [0.2, 0.25) is 0 Å². The number of carbonyl (C=O) groups is 1. The lowest BCUT2D eigenvalue weighted by Gasteiger charge is -2.08. The zero-order chi connectivity index (χ0) is 87.5. The zero-order valence-electron chi connectivity index (χ0n) is 76.9. The zero-order valence-corrected chi connectivity index (χ0v) is 76.9. The van der Waals surface area contributed by atoms with Crippen molar-refractivity contribution in [2.75, 3.05) is 91.1 Å². The van der Waals surface area contributed by atoms with Crippen LogP contribution < -0.4 is 5.73 Å². The summed E-state index contributed by atoms with van der Waals surface area (Å²) < 4.78 is 25.5. The summed E-state index contributed by atoms with van der Waals surface area (Å²) in [5.74, 6) is 0.0752. The van der Waals surface area contributed by atoms with Crippen molar-refractivity contribution >= 4 is 22.9 Å². The second-order valence-corrected chi connectivity index (χ2v) is 17.0. The normalized spacial score (nSPS) is 7.28. The Morgan fingerprint density at radius 1 is 0.211 bits per heavy atom. The van der Waals surface area contributed by atoms with Gasteiger partial charge in [0, 0.05) is 113 Å². The molecule has 0 amide bonds. The van der Waals surface area contributed by atoms with E-state index in [9.17, 15) is 4.79 Å². The number of aliphatic imine (C=N–C) groups is 1. The fourth-order valence-corrected chi connectivity index (χ4v) is 5.77. The number of nitrogens with two attached hydrogens (primary N) is 1. The van der Waals surface area contributed by atoms with Crippen molar-refractivity contribution < 1.29 is 33.2 Å². The van der Waals surface area contributed by atoms with Crippen LogP contribution in [0.3, 0.4) is 0 Å². The number of rotatable bonds is 5. The third kappa shape index (κ3) is 118. The number of aryl methyl sites for hydroxylation is 2. The van der Waals surface area contributed by atoms with Gasteiger partial charge in [-0.05, 0) is 37.1 Å². The summed E-state index contributed by atoms with van der Waals surface area (Å²) >= 11 is 0. The first-order valence-electron chi connectivity index (χ1n) is 39.1. The molecule has 10 aromatic carbocycles. The van der Waals surface area contributed by atoms with E-state index in [-0.39, 0.29) is 5.78 Å². The topological polar surface area (TPSA) is 111 Å². The molecule has 0 fully saturated rings. The van der Waals surface area contributed by atoms with Gasteiger partial charge >= 0.3 is 0 Å². The van der Waals surface area contributed by atoms with Crippen molar-refractivity contribution in [2.24, 2.45) is 4.99 Å². The molecule has 109 heavy (non-hydrogen) atoms. The Labute approximate surface area is 677 Å². The SMILES string of the molecule is CC.CC.CC.CC.CC.CC.CC.CC.CC.CC.CC.CC.COC.COC.COC.COC.COC.COC.Cc1ccccc1N.Cc1ccccc1N=C(c1ccccc1)c1ccccc1.O=C(c1ccccc1)c1ccccc1.c1ccccc1.c1ccccc1.c1ccccc1.c1ccccc1. The summed E-state index contributed by atoms with van der Waals surface area (Å²) in [6, 6.07) is 103. The van der Waals surface area contributed by atoms with E-state index >= 15 is 0 Å². The lowest BCUT2D eigenvalue weighted by atomic mass is 10.0. The van der Waals surface area contributed by atoms with Gasteiger partial charge < -0.3 is 34.2 Å². The molecule has 2 N–H and O–H groups in total. The molecule has 0 atom stereocenters. The highest BCUT2D eigenvalue weighted by Crippen LogP contribution is 2.22. The smallest absolute Gasteiger partial charge is 0.193 e. The molecule has 0 unspecified atom stereocenters. The highest BCUT2D eigenvalue weighted by molar-refractivity contribution is 6.14. The highest BCUT2D eigenvalue weighted by atomic mass is 16.5. The molecule has 0 aliphatic rings. The van der Waals surface area contributed by atoms with Crippen LogP contribution in [0.25, 0.3) is 0 Å². The van der Waals surface area contributed by atoms with Crippen LogP contribution in [-0.2, 0) is 28.4 Å². The van der Waals surface area contributed by atoms with Crippen molar-refractivity contribution in [3.63, 3.8) is 0 Å². The summed E-state index contributed by atoms with van der Waals surface area (Å²) in [7, 11) is 19.5. The summed E-state index contributed by atoms with van der Waals surface area (Å²) in [6.07, 6.45) is 0. The van der Waals surface area contributed by atoms with Gasteiger partial charge in [0.15, 0.2) is 5.78 Å². The second-order valence-electron chi connectivity index (χ2n) is 17.0. The minimum atomic E-state index is 0.0752. The number of nitrogens with zero attached hydrogens (tertiary/aromatic N) is 1. The summed E-state index contributed by atoms with van der Waals surface area (Å²) in [4.78, 5) is 16.8. The lowest BCUT2D eigenvalue weighted by molar-refractivity contribution is 0.103. The highest BCUT2D eigenvalue weighted by Gasteiger charge is 2.08. The Kier molecular flexibility index (Phi) is 185. The van der Waals surface area contributed by atoms with Crippen LogP contribution in [0.1, 0.15) is 204 Å². The predicted octanol–water partition coefficient (Wildman–Crippen LogP) is 30.3. The van der Waals surface area contributed by atoms with Crippen LogP contribution in [0.2, 0.25) is 0 Å². The quantitative estimate of drug-likeness (QED) is 0.103. The van der Waals surface area contributed by atoms with E-state index < -0.39 is 0 Å². The Hall–Kier alpha value is -8.90. The van der Waals surface area contributed by atoms with Gasteiger partial charge in [-0.3, -0.25) is 4.79 Å². The van der Waals surface area contributed by atoms with E-state index in [0.29, 0.717) is 0 Å². The summed E-state index contributed by atoms with van der Waals surface area (Å²) in [5.41, 5.74) is 14.5. The van der Waals surface area contributed by atoms with Gasteiger partial charge in [0.25, 0.3) is 0 Å². The average molecular weight is 1510 g/mol. The Morgan fingerprint density at radius 3 is 0.505 bits per heavy atom. The average Bonchev–Trinajstić information content (AvgIpc) is 0.843. The summed E-state index contributed by atoms with van der Waals surface area (Å²) in [6.45, 7) is 52.1. The Morgan fingerprint density at radius 2 is 0.349 bits per heavy atom. The van der Waals surface area contributed by atoms with Gasteiger partial charge in [-0.25, -0.2) is 4.99 Å². The van der Waals surface area contributed by atoms with Crippen LogP contribution >= 0.6 is 0 Å². The van der Waals surface area contributed by atoms with Crippen LogP contribution in [0.4, 0.5) is 11.4 Å². The van der Waals surface area contributed by atoms with Crippen LogP contribution in [0.5, 0.6) is 0 Å². The first-order valence-corrected chi connectivity index (χ1v) is 39.1. The van der Waals surface area contributed by atoms with Gasteiger partial charge in [0.1, 0.15) is 0 Å². The van der Waals surface area contributed by atoms with Crippen LogP contribution in [-0.4, -0.2) is 96.8 Å². The number of carbonyl (C=O) groups excluding carboxylic acids is 1. The van der Waals surface area contributed by atoms with Crippen LogP contribution in [0.15, 0.2) is 320 Å². The van der Waals surface area contributed by atoms with Gasteiger partial charge in [-0.15, -0.1) is 0 Å². The largest absolute Gasteiger partial charge is 0.399 e. The molecule has 0 bridgehead atoms. The number of benzene rings is 10. The maximum atomic E-state index is 11.8. The third-order valence-electron chi connectivity index (χ3n) is 9.37. The minimum absolute atomic E-state index is 0.0752. The number of para-hydroxylation sites is 2. The van der Waals surface area contributed by atoms with E-state index in [1.54, 1.807) is 85.3 Å². The molecule has 620 valence electrons. The number of hydrogen-bond acceptors (Lipinski definition) is 9. The number of ketones is 1. The fourth-order valence-electron chi connectivity index (χ4n) is 5.77. The minimum Gasteiger partial charge on any atom is -0.399 e. The number of nitrogen functional groups attached to an aromatic ring is 1. The molecule has 0 aliphatic carbocycles. The first kappa shape index (κ1) is 136. The Balaban J connectivity index is -0.0000000692. The Bertz CT molecular complexity index is 2520. The molecule has 9 heteroatoms. The molecule has 0 aromatic heterocycles. The molecule has 0 saturated carbocycles. The van der Waals surface area contributed by atoms with Gasteiger partial charge in [-0.1, -0.05) is 469 Å². The molecule has 0 spiro atoms. The second kappa shape index (κ2) is 149. The standard InChI is InChI=1S/C20H17N.C13H10O.C7H9N.4C6H6.6C2H6O.12C2H6/c1-16-10-8-9-15-19(16)21-20(17-11-4-2-5-12-17)18-13-6-3-7-14-18;14-13(11-7-3-1-4-8-11)12-9-5-2-6-10-12;1-6-4-2-3-5-7(6)8;4*1-2-4-6-5-3-1;6*1-3-2;12*1-2/h2-15H,1H3;1-10H;2-5H,8H2,1H3;4*1-6H;6*1-2H3;12*1-2H3. The molecule has 10 rings (SSSR count). The maximum absolute atomic E-state index is 11.8. The summed E-state index contributed by atoms with van der Waals surface area (Å²) in [5, 5.41) is 0. The van der Waals surface area contributed by atoms with Crippen molar-refractivity contribution in [3.05, 3.63) is 349 Å². The van der Waals surface area contributed by atoms with E-state index in [1.165, 1.54) is 5.56 Å². The van der Waals surface area contributed by atoms with Crippen molar-refractivity contribution in [2.45, 2.75) is 180 Å². The van der Waals surface area contributed by atoms with E-state index in [1.807, 2.05) is 452 Å². The molecule has 0 aliphatic heterocycles. The number of ether oxygens (including phenoxy) is 6. The van der Waals surface area contributed by atoms with Crippen molar-refractivity contribution in [1.82, 2.24) is 0 Å². The van der Waals surface area contributed by atoms with Crippen LogP contribution in [0, 0.1) is 13.8 Å². The fraction of sp³-hybridized carbons (Fsp3) is 0.380. The maximum Gasteiger partial charge on any atom is 0.193 e. The van der Waals surface area contributed by atoms with E-state index in [2.05, 4.69) is 71.7 Å². The number of methoxy groups -OCH3 is 6. The predicted molar refractivity (Wildman–Crippen MR) is 501 cm³/mol. The first-order chi connectivity index (χ1) is 53.5. The number of hydrogen-bond donors (Lipinski definition) is 1. The molecule has 10 aromatic rings. The number of anilines is 1.